The number of H-pyrrole nitrogens is 1. The predicted molar refractivity (Wildman–Crippen MR) is 120 cm³/mol. The standard InChI is InChI=1S/C23H25F2N3O2S/c1-30-16-6-7-19-17(12-16)18(13-26-19)15-8-10-28(11-9-15)14-22(29)27-20-4-2-3-5-21(20)31-23(24)25/h2-7,12-13,15,23,26H,8-11,14H2,1H3,(H,27,29). The van der Waals surface area contributed by atoms with Gasteiger partial charge in [-0.25, -0.2) is 0 Å². The van der Waals surface area contributed by atoms with Crippen molar-refractivity contribution < 1.29 is 18.3 Å². The molecular weight excluding hydrogens is 420 g/mol. The van der Waals surface area contributed by atoms with Crippen LogP contribution in [0.4, 0.5) is 14.5 Å². The number of fused-ring (bicyclic) bond motifs is 1. The number of halogens is 2. The summed E-state index contributed by atoms with van der Waals surface area (Å²) in [6, 6.07) is 12.7. The minimum atomic E-state index is -2.53. The molecule has 1 fully saturated rings. The van der Waals surface area contributed by atoms with Crippen LogP contribution in [0.15, 0.2) is 53.6 Å². The summed E-state index contributed by atoms with van der Waals surface area (Å²) < 4.78 is 30.8. The Labute approximate surface area is 184 Å². The molecule has 1 amide bonds. The number of nitrogens with one attached hydrogen (secondary N) is 2. The van der Waals surface area contributed by atoms with Gasteiger partial charge in [0, 0.05) is 22.0 Å². The fourth-order valence-electron chi connectivity index (χ4n) is 4.15. The van der Waals surface area contributed by atoms with Crippen molar-refractivity contribution in [3.8, 4) is 5.75 Å². The topological polar surface area (TPSA) is 57.4 Å². The zero-order valence-corrected chi connectivity index (χ0v) is 18.1. The van der Waals surface area contributed by atoms with Gasteiger partial charge in [-0.2, -0.15) is 8.78 Å². The second-order valence-electron chi connectivity index (χ2n) is 7.63. The van der Waals surface area contributed by atoms with Crippen LogP contribution < -0.4 is 10.1 Å². The first-order valence-electron chi connectivity index (χ1n) is 10.2. The van der Waals surface area contributed by atoms with Crippen LogP contribution in [0.2, 0.25) is 0 Å². The molecule has 0 atom stereocenters. The van der Waals surface area contributed by atoms with E-state index in [4.69, 9.17) is 4.74 Å². The van der Waals surface area contributed by atoms with Gasteiger partial charge in [0.05, 0.1) is 19.3 Å². The average molecular weight is 446 g/mol. The lowest BCUT2D eigenvalue weighted by atomic mass is 9.89. The molecule has 0 bridgehead atoms. The van der Waals surface area contributed by atoms with Gasteiger partial charge in [-0.3, -0.25) is 9.69 Å². The molecule has 1 aliphatic rings. The number of carbonyl (C=O) groups is 1. The second kappa shape index (κ2) is 9.70. The van der Waals surface area contributed by atoms with Gasteiger partial charge in [0.25, 0.3) is 5.76 Å². The maximum atomic E-state index is 12.7. The number of amides is 1. The molecular formula is C23H25F2N3O2S. The quantitative estimate of drug-likeness (QED) is 0.484. The summed E-state index contributed by atoms with van der Waals surface area (Å²) in [5, 5.41) is 3.97. The van der Waals surface area contributed by atoms with Crippen molar-refractivity contribution in [1.29, 1.82) is 0 Å². The Kier molecular flexibility index (Phi) is 6.77. The molecule has 8 heteroatoms. The van der Waals surface area contributed by atoms with E-state index in [0.717, 1.165) is 37.2 Å². The Morgan fingerprint density at radius 1 is 1.26 bits per heavy atom. The number of thioether (sulfide) groups is 1. The first-order chi connectivity index (χ1) is 15.0. The monoisotopic (exact) mass is 445 g/mol. The van der Waals surface area contributed by atoms with Gasteiger partial charge in [0.2, 0.25) is 5.91 Å². The number of benzene rings is 2. The van der Waals surface area contributed by atoms with E-state index in [-0.39, 0.29) is 12.5 Å². The first-order valence-corrected chi connectivity index (χ1v) is 11.1. The van der Waals surface area contributed by atoms with Crippen molar-refractivity contribution in [2.75, 3.05) is 32.1 Å². The molecule has 0 aliphatic carbocycles. The lowest BCUT2D eigenvalue weighted by Gasteiger charge is -2.31. The van der Waals surface area contributed by atoms with Crippen LogP contribution in [0, 0.1) is 0 Å². The van der Waals surface area contributed by atoms with Crippen LogP contribution in [-0.2, 0) is 4.79 Å². The molecule has 4 rings (SSSR count). The van der Waals surface area contributed by atoms with Gasteiger partial charge in [0.15, 0.2) is 0 Å². The molecule has 1 aromatic heterocycles. The second-order valence-corrected chi connectivity index (χ2v) is 8.66. The Bertz CT molecular complexity index is 1050. The van der Waals surface area contributed by atoms with E-state index in [1.165, 1.54) is 10.9 Å². The number of aromatic nitrogens is 1. The average Bonchev–Trinajstić information content (AvgIpc) is 3.18. The summed E-state index contributed by atoms with van der Waals surface area (Å²) in [4.78, 5) is 18.3. The molecule has 0 spiro atoms. The minimum Gasteiger partial charge on any atom is -0.497 e. The summed E-state index contributed by atoms with van der Waals surface area (Å²) in [5.74, 6) is -1.45. The van der Waals surface area contributed by atoms with Gasteiger partial charge < -0.3 is 15.0 Å². The van der Waals surface area contributed by atoms with Crippen LogP contribution in [-0.4, -0.2) is 48.3 Å². The summed E-state index contributed by atoms with van der Waals surface area (Å²) >= 11 is 0.442. The van der Waals surface area contributed by atoms with Crippen molar-refractivity contribution in [2.45, 2.75) is 29.4 Å². The zero-order valence-electron chi connectivity index (χ0n) is 17.2. The number of hydrogen-bond acceptors (Lipinski definition) is 4. The molecule has 0 unspecified atom stereocenters. The lowest BCUT2D eigenvalue weighted by molar-refractivity contribution is -0.117. The van der Waals surface area contributed by atoms with E-state index in [2.05, 4.69) is 27.5 Å². The van der Waals surface area contributed by atoms with E-state index in [9.17, 15) is 13.6 Å². The molecule has 164 valence electrons. The maximum Gasteiger partial charge on any atom is 0.288 e. The third-order valence-corrected chi connectivity index (χ3v) is 6.48. The normalized spacial score (nSPS) is 15.5. The van der Waals surface area contributed by atoms with Crippen LogP contribution in [0.25, 0.3) is 10.9 Å². The Morgan fingerprint density at radius 3 is 2.77 bits per heavy atom. The third-order valence-electron chi connectivity index (χ3n) is 5.69. The smallest absolute Gasteiger partial charge is 0.288 e. The third kappa shape index (κ3) is 5.19. The minimum absolute atomic E-state index is 0.183. The molecule has 31 heavy (non-hydrogen) atoms. The Morgan fingerprint density at radius 2 is 2.03 bits per heavy atom. The number of para-hydroxylation sites is 1. The molecule has 2 aromatic carbocycles. The molecule has 1 saturated heterocycles. The van der Waals surface area contributed by atoms with Crippen molar-refractivity contribution in [3.05, 3.63) is 54.2 Å². The van der Waals surface area contributed by atoms with Crippen LogP contribution >= 0.6 is 11.8 Å². The number of alkyl halides is 2. The molecule has 2 N–H and O–H groups in total. The molecule has 3 aromatic rings. The number of carbonyl (C=O) groups excluding carboxylic acids is 1. The first kappa shape index (κ1) is 21.6. The number of hydrogen-bond donors (Lipinski definition) is 2. The van der Waals surface area contributed by atoms with E-state index >= 15 is 0 Å². The SMILES string of the molecule is COc1ccc2[nH]cc(C3CCN(CC(=O)Nc4ccccc4SC(F)F)CC3)c2c1. The Hall–Kier alpha value is -2.58. The van der Waals surface area contributed by atoms with Crippen LogP contribution in [0.3, 0.4) is 0 Å². The number of anilines is 1. The lowest BCUT2D eigenvalue weighted by Crippen LogP contribution is -2.38. The highest BCUT2D eigenvalue weighted by molar-refractivity contribution is 7.99. The Balaban J connectivity index is 1.34. The highest BCUT2D eigenvalue weighted by Gasteiger charge is 2.24. The number of piperidine rings is 1. The predicted octanol–water partition coefficient (Wildman–Crippen LogP) is 5.31. The van der Waals surface area contributed by atoms with Crippen molar-refractivity contribution in [3.63, 3.8) is 0 Å². The van der Waals surface area contributed by atoms with Gasteiger partial charge in [-0.15, -0.1) is 0 Å². The summed E-state index contributed by atoms with van der Waals surface area (Å²) in [5.41, 5.74) is 2.81. The molecule has 0 saturated carbocycles. The summed E-state index contributed by atoms with van der Waals surface area (Å²) in [7, 11) is 1.67. The van der Waals surface area contributed by atoms with E-state index in [1.54, 1.807) is 31.4 Å². The zero-order chi connectivity index (χ0) is 21.8. The fraction of sp³-hybridized carbons (Fsp3) is 0.348. The maximum absolute atomic E-state index is 12.7. The molecule has 0 radical (unpaired) electrons. The van der Waals surface area contributed by atoms with E-state index < -0.39 is 5.76 Å². The van der Waals surface area contributed by atoms with Gasteiger partial charge in [-0.05, 0) is 67.7 Å². The highest BCUT2D eigenvalue weighted by Crippen LogP contribution is 2.35. The van der Waals surface area contributed by atoms with Gasteiger partial charge >= 0.3 is 0 Å². The highest BCUT2D eigenvalue weighted by atomic mass is 32.2. The largest absolute Gasteiger partial charge is 0.497 e. The van der Waals surface area contributed by atoms with Crippen molar-refractivity contribution in [2.24, 2.45) is 0 Å². The van der Waals surface area contributed by atoms with E-state index in [1.807, 2.05) is 12.1 Å². The summed E-state index contributed by atoms with van der Waals surface area (Å²) in [6.45, 7) is 1.87. The van der Waals surface area contributed by atoms with E-state index in [0.29, 0.717) is 28.3 Å². The van der Waals surface area contributed by atoms with Crippen LogP contribution in [0.1, 0.15) is 24.3 Å². The van der Waals surface area contributed by atoms with Crippen molar-refractivity contribution in [1.82, 2.24) is 9.88 Å². The molecule has 1 aliphatic heterocycles. The number of ether oxygens (including phenoxy) is 1. The number of likely N-dealkylation sites (tertiary alicyclic amines) is 1. The molecule has 5 nitrogen and oxygen atoms in total. The molecule has 2 heterocycles. The van der Waals surface area contributed by atoms with Gasteiger partial charge in [0.1, 0.15) is 5.75 Å². The van der Waals surface area contributed by atoms with Crippen LogP contribution in [0.5, 0.6) is 5.75 Å². The van der Waals surface area contributed by atoms with Crippen molar-refractivity contribution >= 4 is 34.3 Å². The number of methoxy groups -OCH3 is 1. The fourth-order valence-corrected chi connectivity index (χ4v) is 4.74. The number of nitrogens with zero attached hydrogens (tertiary/aromatic N) is 1. The number of rotatable bonds is 7. The summed E-state index contributed by atoms with van der Waals surface area (Å²) in [6.07, 6.45) is 3.99. The van der Waals surface area contributed by atoms with Gasteiger partial charge in [-0.1, -0.05) is 23.9 Å². The number of aromatic amines is 1.